The first kappa shape index (κ1) is 17.6. The molecule has 1 aromatic carbocycles. The van der Waals surface area contributed by atoms with Crippen molar-refractivity contribution < 1.29 is 18.3 Å². The fraction of sp³-hybridized carbons (Fsp3) is 0.500. The molecule has 0 spiro atoms. The fourth-order valence-corrected chi connectivity index (χ4v) is 2.43. The number of sulfonamides is 1. The van der Waals surface area contributed by atoms with E-state index in [2.05, 4.69) is 5.32 Å². The zero-order valence-electron chi connectivity index (χ0n) is 12.7. The molecule has 1 amide bonds. The predicted octanol–water partition coefficient (Wildman–Crippen LogP) is 0.684. The number of carbonyl (C=O) groups is 1. The predicted molar refractivity (Wildman–Crippen MR) is 80.5 cm³/mol. The molecular formula is C14H22N2O4S. The van der Waals surface area contributed by atoms with Crippen molar-refractivity contribution in [2.24, 2.45) is 5.92 Å². The number of rotatable bonds is 6. The van der Waals surface area contributed by atoms with E-state index in [1.807, 2.05) is 13.8 Å². The molecule has 7 heteroatoms. The van der Waals surface area contributed by atoms with Crippen LogP contribution in [0, 0.1) is 5.92 Å². The Kier molecular flexibility index (Phi) is 5.88. The summed E-state index contributed by atoms with van der Waals surface area (Å²) in [6, 6.07) is 5.69. The van der Waals surface area contributed by atoms with Crippen molar-refractivity contribution >= 4 is 15.9 Å². The van der Waals surface area contributed by atoms with Gasteiger partial charge in [-0.25, -0.2) is 12.7 Å². The van der Waals surface area contributed by atoms with Crippen LogP contribution in [0.2, 0.25) is 0 Å². The molecule has 118 valence electrons. The molecular weight excluding hydrogens is 292 g/mol. The highest BCUT2D eigenvalue weighted by Crippen LogP contribution is 2.14. The molecule has 0 aliphatic carbocycles. The summed E-state index contributed by atoms with van der Waals surface area (Å²) in [4.78, 5) is 12.0. The zero-order chi connectivity index (χ0) is 16.2. The molecule has 0 aliphatic rings. The third-order valence-electron chi connectivity index (χ3n) is 3.14. The Balaban J connectivity index is 2.77. The van der Waals surface area contributed by atoms with E-state index in [4.69, 9.17) is 0 Å². The van der Waals surface area contributed by atoms with Gasteiger partial charge < -0.3 is 10.4 Å². The van der Waals surface area contributed by atoms with E-state index in [1.165, 1.54) is 38.4 Å². The second-order valence-electron chi connectivity index (χ2n) is 5.33. The second-order valence-corrected chi connectivity index (χ2v) is 7.49. The minimum absolute atomic E-state index is 0.0536. The molecule has 1 aromatic rings. The average molecular weight is 314 g/mol. The van der Waals surface area contributed by atoms with Crippen LogP contribution in [0.1, 0.15) is 24.2 Å². The number of aliphatic hydroxyl groups excluding tert-OH is 1. The lowest BCUT2D eigenvalue weighted by Crippen LogP contribution is -2.34. The van der Waals surface area contributed by atoms with Crippen molar-refractivity contribution in [2.75, 3.05) is 20.6 Å². The first-order chi connectivity index (χ1) is 9.66. The Morgan fingerprint density at radius 3 is 2.19 bits per heavy atom. The number of hydrogen-bond donors (Lipinski definition) is 2. The summed E-state index contributed by atoms with van der Waals surface area (Å²) < 4.78 is 24.9. The topological polar surface area (TPSA) is 86.7 Å². The number of aliphatic hydroxyl groups is 1. The maximum absolute atomic E-state index is 11.9. The molecule has 0 saturated heterocycles. The number of benzene rings is 1. The lowest BCUT2D eigenvalue weighted by Gasteiger charge is -2.15. The van der Waals surface area contributed by atoms with Gasteiger partial charge in [-0.3, -0.25) is 4.79 Å². The number of hydrogen-bond acceptors (Lipinski definition) is 4. The Bertz CT molecular complexity index is 579. The molecule has 0 aromatic heterocycles. The van der Waals surface area contributed by atoms with Crippen LogP contribution < -0.4 is 5.32 Å². The number of nitrogens with one attached hydrogen (secondary N) is 1. The van der Waals surface area contributed by atoms with Crippen molar-refractivity contribution in [1.29, 1.82) is 0 Å². The minimum Gasteiger partial charge on any atom is -0.391 e. The highest BCUT2D eigenvalue weighted by molar-refractivity contribution is 7.89. The molecule has 1 rings (SSSR count). The Morgan fingerprint density at radius 1 is 1.24 bits per heavy atom. The summed E-state index contributed by atoms with van der Waals surface area (Å²) in [6.07, 6.45) is -0.609. The van der Waals surface area contributed by atoms with Crippen LogP contribution in [0.25, 0.3) is 0 Å². The lowest BCUT2D eigenvalue weighted by atomic mass is 10.1. The highest BCUT2D eigenvalue weighted by Gasteiger charge is 2.18. The summed E-state index contributed by atoms with van der Waals surface area (Å²) in [5, 5.41) is 12.2. The normalized spacial score (nSPS) is 13.5. The Labute approximate surface area is 125 Å². The molecule has 0 fully saturated rings. The van der Waals surface area contributed by atoms with Crippen molar-refractivity contribution in [3.05, 3.63) is 29.8 Å². The molecule has 1 unspecified atom stereocenters. The molecule has 2 N–H and O–H groups in total. The van der Waals surface area contributed by atoms with E-state index < -0.39 is 16.1 Å². The molecule has 21 heavy (non-hydrogen) atoms. The van der Waals surface area contributed by atoms with Crippen LogP contribution in [0.5, 0.6) is 0 Å². The third-order valence-corrected chi connectivity index (χ3v) is 4.97. The third kappa shape index (κ3) is 4.52. The first-order valence-corrected chi connectivity index (χ1v) is 8.09. The van der Waals surface area contributed by atoms with Crippen LogP contribution in [-0.2, 0) is 10.0 Å². The number of carbonyl (C=O) groups excluding carboxylic acids is 1. The lowest BCUT2D eigenvalue weighted by molar-refractivity contribution is 0.0871. The Morgan fingerprint density at radius 2 is 1.76 bits per heavy atom. The van der Waals surface area contributed by atoms with Gasteiger partial charge in [-0.15, -0.1) is 0 Å². The monoisotopic (exact) mass is 314 g/mol. The SMILES string of the molecule is CC(C)C(O)CNC(=O)c1ccc(S(=O)(=O)N(C)C)cc1. The van der Waals surface area contributed by atoms with E-state index in [-0.39, 0.29) is 23.3 Å². The van der Waals surface area contributed by atoms with Crippen LogP contribution in [0.15, 0.2) is 29.2 Å². The van der Waals surface area contributed by atoms with Gasteiger partial charge in [-0.1, -0.05) is 13.8 Å². The minimum atomic E-state index is -3.49. The van der Waals surface area contributed by atoms with Crippen molar-refractivity contribution in [3.63, 3.8) is 0 Å². The largest absolute Gasteiger partial charge is 0.391 e. The summed E-state index contributed by atoms with van der Waals surface area (Å²) in [6.45, 7) is 3.88. The van der Waals surface area contributed by atoms with Crippen molar-refractivity contribution in [2.45, 2.75) is 24.8 Å². The van der Waals surface area contributed by atoms with E-state index in [1.54, 1.807) is 0 Å². The van der Waals surface area contributed by atoms with Crippen molar-refractivity contribution in [1.82, 2.24) is 9.62 Å². The van der Waals surface area contributed by atoms with Gasteiger partial charge >= 0.3 is 0 Å². The van der Waals surface area contributed by atoms with Gasteiger partial charge in [0.2, 0.25) is 10.0 Å². The smallest absolute Gasteiger partial charge is 0.251 e. The average Bonchev–Trinajstić information content (AvgIpc) is 2.44. The van der Waals surface area contributed by atoms with Crippen LogP contribution >= 0.6 is 0 Å². The van der Waals surface area contributed by atoms with Gasteiger partial charge in [-0.05, 0) is 30.2 Å². The molecule has 1 atom stereocenters. The summed E-state index contributed by atoms with van der Waals surface area (Å²) in [7, 11) is -0.599. The Hall–Kier alpha value is -1.44. The van der Waals surface area contributed by atoms with Crippen molar-refractivity contribution in [3.8, 4) is 0 Å². The summed E-state index contributed by atoms with van der Waals surface area (Å²) >= 11 is 0. The van der Waals surface area contributed by atoms with Gasteiger partial charge in [0.1, 0.15) is 0 Å². The summed E-state index contributed by atoms with van der Waals surface area (Å²) in [5.41, 5.74) is 0.351. The highest BCUT2D eigenvalue weighted by atomic mass is 32.2. The van der Waals surface area contributed by atoms with Gasteiger partial charge in [0, 0.05) is 26.2 Å². The standard InChI is InChI=1S/C14H22N2O4S/c1-10(2)13(17)9-15-14(18)11-5-7-12(8-6-11)21(19,20)16(3)4/h5-8,10,13,17H,9H2,1-4H3,(H,15,18). The van der Waals surface area contributed by atoms with Gasteiger partial charge in [0.25, 0.3) is 5.91 Å². The zero-order valence-corrected chi connectivity index (χ0v) is 13.5. The van der Waals surface area contributed by atoms with Gasteiger partial charge in [-0.2, -0.15) is 0 Å². The molecule has 6 nitrogen and oxygen atoms in total. The fourth-order valence-electron chi connectivity index (χ4n) is 1.52. The van der Waals surface area contributed by atoms with Gasteiger partial charge in [0.15, 0.2) is 0 Å². The molecule has 0 aliphatic heterocycles. The van der Waals surface area contributed by atoms with E-state index >= 15 is 0 Å². The maximum Gasteiger partial charge on any atom is 0.251 e. The molecule has 0 saturated carbocycles. The quantitative estimate of drug-likeness (QED) is 0.808. The second kappa shape index (κ2) is 7.02. The van der Waals surface area contributed by atoms with Crippen LogP contribution in [-0.4, -0.2) is 50.5 Å². The number of nitrogens with zero attached hydrogens (tertiary/aromatic N) is 1. The number of amides is 1. The van der Waals surface area contributed by atoms with E-state index in [0.29, 0.717) is 5.56 Å². The molecule has 0 radical (unpaired) electrons. The molecule has 0 heterocycles. The van der Waals surface area contributed by atoms with E-state index in [0.717, 1.165) is 4.31 Å². The molecule has 0 bridgehead atoms. The maximum atomic E-state index is 11.9. The van der Waals surface area contributed by atoms with Gasteiger partial charge in [0.05, 0.1) is 11.0 Å². The van der Waals surface area contributed by atoms with Crippen LogP contribution in [0.3, 0.4) is 0 Å². The first-order valence-electron chi connectivity index (χ1n) is 6.65. The van der Waals surface area contributed by atoms with E-state index in [9.17, 15) is 18.3 Å². The van der Waals surface area contributed by atoms with Crippen LogP contribution in [0.4, 0.5) is 0 Å². The summed E-state index contributed by atoms with van der Waals surface area (Å²) in [5.74, 6) is -0.290.